The highest BCUT2D eigenvalue weighted by Crippen LogP contribution is 2.30. The lowest BCUT2D eigenvalue weighted by molar-refractivity contribution is 0.281. The number of aryl methyl sites for hydroxylation is 7. The number of nitrogens with one attached hydrogen (secondary N) is 5. The van der Waals surface area contributed by atoms with Crippen LogP contribution in [-0.4, -0.2) is 78.9 Å². The number of hydrogen-bond donors (Lipinski definition) is 6. The van der Waals surface area contributed by atoms with Crippen LogP contribution < -0.4 is 27.8 Å². The molecule has 21 nitrogen and oxygen atoms in total. The Balaban J connectivity index is 0.000000105. The van der Waals surface area contributed by atoms with Crippen molar-refractivity contribution in [1.29, 1.82) is 0 Å². The lowest BCUT2D eigenvalue weighted by Gasteiger charge is -2.06. The van der Waals surface area contributed by atoms with Crippen LogP contribution in [0.2, 0.25) is 0 Å². The van der Waals surface area contributed by atoms with E-state index in [1.807, 2.05) is 255 Å². The number of rotatable bonds is 6. The zero-order valence-corrected chi connectivity index (χ0v) is 64.2. The molecule has 0 bridgehead atoms. The van der Waals surface area contributed by atoms with Gasteiger partial charge in [-0.1, -0.05) is 152 Å². The Labute approximate surface area is 647 Å². The third kappa shape index (κ3) is 13.5. The molecule has 0 aliphatic rings. The molecule has 0 amide bonds. The number of aliphatic hydroxyl groups is 1. The first kappa shape index (κ1) is 71.8. The molecule has 0 saturated heterocycles. The zero-order chi connectivity index (χ0) is 77.0. The van der Waals surface area contributed by atoms with Crippen LogP contribution >= 0.6 is 31.9 Å². The van der Waals surface area contributed by atoms with Crippen molar-refractivity contribution in [2.24, 2.45) is 0 Å². The summed E-state index contributed by atoms with van der Waals surface area (Å²) in [7, 11) is 0. The molecule has 20 rings (SSSR count). The van der Waals surface area contributed by atoms with Crippen LogP contribution in [0.4, 0.5) is 0 Å². The van der Waals surface area contributed by atoms with E-state index >= 15 is 0 Å². The normalized spacial score (nSPS) is 11.4. The first-order valence-electron chi connectivity index (χ1n) is 35.6. The van der Waals surface area contributed by atoms with Gasteiger partial charge in [0.1, 0.15) is 0 Å². The molecule has 0 atom stereocenters. The molecule has 0 fully saturated rings. The summed E-state index contributed by atoms with van der Waals surface area (Å²) >= 11 is 6.89. The maximum absolute atomic E-state index is 12.7. The number of benzene rings is 10. The number of pyridine rings is 5. The van der Waals surface area contributed by atoms with Crippen LogP contribution in [0.1, 0.15) is 44.5 Å². The number of para-hydroxylation sites is 3. The molecule has 10 heterocycles. The van der Waals surface area contributed by atoms with Gasteiger partial charge in [-0.05, 0) is 185 Å². The molecule has 20 aromatic rings. The topological polar surface area (TPSA) is 274 Å². The van der Waals surface area contributed by atoms with E-state index in [0.29, 0.717) is 26.9 Å². The number of nitrogens with zero attached hydrogens (tertiary/aromatic N) is 10. The van der Waals surface area contributed by atoms with Crippen molar-refractivity contribution in [3.05, 3.63) is 349 Å². The predicted octanol–water partition coefficient (Wildman–Crippen LogP) is 17.5. The number of aliphatic hydroxyl groups excluding tert-OH is 1. The summed E-state index contributed by atoms with van der Waals surface area (Å²) in [6.07, 6.45) is 8.18. The van der Waals surface area contributed by atoms with E-state index in [2.05, 4.69) is 88.3 Å². The molecule has 0 unspecified atom stereocenters. The Morgan fingerprint density at radius 2 is 0.685 bits per heavy atom. The summed E-state index contributed by atoms with van der Waals surface area (Å²) in [4.78, 5) is 85.3. The molecule has 10 aromatic carbocycles. The third-order valence-electron chi connectivity index (χ3n) is 19.9. The van der Waals surface area contributed by atoms with Gasteiger partial charge in [-0.2, -0.15) is 0 Å². The summed E-state index contributed by atoms with van der Waals surface area (Å²) < 4.78 is 9.79. The van der Waals surface area contributed by atoms with Crippen LogP contribution in [0.25, 0.3) is 137 Å². The van der Waals surface area contributed by atoms with E-state index in [1.54, 1.807) is 54.4 Å². The minimum atomic E-state index is -0.118. The van der Waals surface area contributed by atoms with Crippen LogP contribution in [0, 0.1) is 48.5 Å². The monoisotopic (exact) mass is 1590 g/mol. The van der Waals surface area contributed by atoms with Gasteiger partial charge in [-0.25, -0.2) is 23.4 Å². The summed E-state index contributed by atoms with van der Waals surface area (Å²) in [5.74, 6) is 0. The molecule has 0 aliphatic carbocycles. The van der Waals surface area contributed by atoms with Crippen LogP contribution in [-0.2, 0) is 6.61 Å². The van der Waals surface area contributed by atoms with Crippen molar-refractivity contribution in [3.8, 4) is 28.4 Å². The van der Waals surface area contributed by atoms with Crippen molar-refractivity contribution in [2.45, 2.75) is 55.1 Å². The maximum atomic E-state index is 12.7. The molecule has 6 N–H and O–H groups in total. The van der Waals surface area contributed by atoms with Crippen molar-refractivity contribution >= 4 is 141 Å². The van der Waals surface area contributed by atoms with Crippen molar-refractivity contribution in [3.63, 3.8) is 0 Å². The second-order valence-corrected chi connectivity index (χ2v) is 29.2. The summed E-state index contributed by atoms with van der Waals surface area (Å²) in [5, 5.41) is 33.2. The smallest absolute Gasteiger partial charge is 0.280 e. The van der Waals surface area contributed by atoms with E-state index in [9.17, 15) is 29.1 Å². The SMILES string of the molecule is Cc1ccc(-n2[nH]c3c(cnc4c(C)c(CO)ccc43)c2=O)cc1.Cc1ccc2c(c1)ncc1c(=O)n(-c3ccccc3)[nH]c12.Cc1ccc2ncc3c(=O)n(-c4ccccc4C)[nH]c3c2c1.Cc1cccc(-n2[nH]c3c(cnc4cc(Br)ccc43)c2=O)c1.Cc1ccccc1-n1[nH]c2c(cnc3cc(Br)ccc32)c1=O. The molecule has 0 aliphatic heterocycles. The molecule has 0 saturated carbocycles. The molecule has 0 radical (unpaired) electrons. The number of hydrogen-bond acceptors (Lipinski definition) is 11. The standard InChI is InChI=1S/C19H17N3O2.C18H15N3O.2C17H12BrN3O.C17H13N3O/c1-11-3-6-14(7-4-11)22-19(24)16-9-20-17-12(2)13(10-23)5-8-15(17)18(16)21-22;1-11-7-8-15-13(9-11)17-14(10-19-15)18(22)21(20-17)16-6-4-3-5-12(16)2;1-10-3-2-4-12(7-10)21-17(22)14-9-19-15-8-11(18)5-6-13(15)16(14)20-21;1-10-4-2-3-5-15(10)21-17(22)13-9-19-14-8-11(18)6-7-12(14)16(13)20-21;1-11-7-8-13-15(9-11)18-10-14-16(13)19-20(17(14)21)12-5-3-2-4-6-12/h3-9,21,23H,10H2,1-2H3;3-10,20H,1-2H3;2*2-9,20H,1H3;2-10,19H,1H3. The second-order valence-electron chi connectivity index (χ2n) is 27.3. The van der Waals surface area contributed by atoms with Gasteiger partial charge in [-0.3, -0.25) is 74.4 Å². The molecular weight excluding hydrogens is 1520 g/mol. The molecule has 23 heteroatoms. The number of fused-ring (bicyclic) bond motifs is 15. The van der Waals surface area contributed by atoms with Crippen LogP contribution in [0.15, 0.2) is 276 Å². The highest BCUT2D eigenvalue weighted by atomic mass is 79.9. The van der Waals surface area contributed by atoms with Gasteiger partial charge in [0, 0.05) is 66.9 Å². The minimum Gasteiger partial charge on any atom is -0.392 e. The fourth-order valence-corrected chi connectivity index (χ4v) is 14.6. The Bertz CT molecular complexity index is 7410. The van der Waals surface area contributed by atoms with E-state index in [1.165, 1.54) is 0 Å². The average molecular weight is 1590 g/mol. The number of H-pyrrole nitrogens is 5. The van der Waals surface area contributed by atoms with Gasteiger partial charge in [0.25, 0.3) is 27.8 Å². The van der Waals surface area contributed by atoms with Gasteiger partial charge in [0.15, 0.2) is 0 Å². The van der Waals surface area contributed by atoms with Gasteiger partial charge < -0.3 is 5.11 Å². The van der Waals surface area contributed by atoms with Crippen molar-refractivity contribution < 1.29 is 5.11 Å². The third-order valence-corrected chi connectivity index (χ3v) is 20.8. The van der Waals surface area contributed by atoms with Crippen molar-refractivity contribution in [1.82, 2.24) is 73.8 Å². The highest BCUT2D eigenvalue weighted by Gasteiger charge is 2.19. The Kier molecular flexibility index (Phi) is 19.1. The molecule has 0 spiro atoms. The van der Waals surface area contributed by atoms with Crippen LogP contribution in [0.5, 0.6) is 0 Å². The number of halogens is 2. The molecular formula is C88H69Br2N15O6. The minimum absolute atomic E-state index is 0.0254. The van der Waals surface area contributed by atoms with Crippen LogP contribution in [0.3, 0.4) is 0 Å². The lowest BCUT2D eigenvalue weighted by atomic mass is 10.0. The summed E-state index contributed by atoms with van der Waals surface area (Å²) in [6, 6.07) is 68.4. The molecule has 546 valence electrons. The summed E-state index contributed by atoms with van der Waals surface area (Å²) in [6.45, 7) is 14.0. The van der Waals surface area contributed by atoms with Crippen molar-refractivity contribution in [2.75, 3.05) is 0 Å². The predicted molar refractivity (Wildman–Crippen MR) is 450 cm³/mol. The summed E-state index contributed by atoms with van der Waals surface area (Å²) in [5.41, 5.74) is 20.4. The van der Waals surface area contributed by atoms with E-state index < -0.39 is 0 Å². The van der Waals surface area contributed by atoms with E-state index in [-0.39, 0.29) is 34.4 Å². The van der Waals surface area contributed by atoms with Gasteiger partial charge in [-0.15, -0.1) is 0 Å². The van der Waals surface area contributed by atoms with E-state index in [4.69, 9.17) is 0 Å². The fourth-order valence-electron chi connectivity index (χ4n) is 13.9. The lowest BCUT2D eigenvalue weighted by Crippen LogP contribution is -2.15. The van der Waals surface area contributed by atoms with Gasteiger partial charge >= 0.3 is 0 Å². The fraction of sp³-hybridized carbons (Fsp3) is 0.0909. The maximum Gasteiger partial charge on any atom is 0.280 e. The molecule has 10 aromatic heterocycles. The first-order chi connectivity index (χ1) is 53.8. The largest absolute Gasteiger partial charge is 0.392 e. The van der Waals surface area contributed by atoms with E-state index in [0.717, 1.165) is 164 Å². The first-order valence-corrected chi connectivity index (χ1v) is 37.2. The van der Waals surface area contributed by atoms with Gasteiger partial charge in [0.05, 0.1) is 117 Å². The quantitative estimate of drug-likeness (QED) is 0.0911. The highest BCUT2D eigenvalue weighted by molar-refractivity contribution is 9.10. The van der Waals surface area contributed by atoms with Gasteiger partial charge in [0.2, 0.25) is 0 Å². The Morgan fingerprint density at radius 1 is 0.306 bits per heavy atom. The average Bonchev–Trinajstić information content (AvgIpc) is 1.65. The molecule has 111 heavy (non-hydrogen) atoms. The zero-order valence-electron chi connectivity index (χ0n) is 61.0. The number of aromatic amines is 5. The Hall–Kier alpha value is -13.5. The Morgan fingerprint density at radius 3 is 1.20 bits per heavy atom. The number of aromatic nitrogens is 15. The second kappa shape index (κ2) is 29.6.